The fourth-order valence-corrected chi connectivity index (χ4v) is 2.58. The van der Waals surface area contributed by atoms with Gasteiger partial charge in [-0.05, 0) is 30.5 Å². The van der Waals surface area contributed by atoms with Crippen molar-refractivity contribution in [3.63, 3.8) is 0 Å². The molecule has 3 unspecified atom stereocenters. The van der Waals surface area contributed by atoms with E-state index in [9.17, 15) is 4.79 Å². The Morgan fingerprint density at radius 2 is 1.67 bits per heavy atom. The van der Waals surface area contributed by atoms with Crippen molar-refractivity contribution < 1.29 is 4.79 Å². The van der Waals surface area contributed by atoms with Crippen molar-refractivity contribution in [2.75, 3.05) is 0 Å². The highest BCUT2D eigenvalue weighted by atomic mass is 35.5. The minimum absolute atomic E-state index is 0. The van der Waals surface area contributed by atoms with Crippen LogP contribution < -0.4 is 11.1 Å². The molecular weight excluding hydrogens is 343 g/mol. The zero-order valence-electron chi connectivity index (χ0n) is 13.9. The second-order valence-corrected chi connectivity index (χ2v) is 6.32. The molecule has 1 amide bonds. The van der Waals surface area contributed by atoms with Gasteiger partial charge in [-0.2, -0.15) is 0 Å². The van der Waals surface area contributed by atoms with Crippen LogP contribution in [-0.2, 0) is 11.2 Å². The van der Waals surface area contributed by atoms with E-state index in [2.05, 4.69) is 5.32 Å². The highest BCUT2D eigenvalue weighted by Gasteiger charge is 2.22. The van der Waals surface area contributed by atoms with E-state index in [1.807, 2.05) is 68.4 Å². The topological polar surface area (TPSA) is 55.1 Å². The monoisotopic (exact) mass is 366 g/mol. The Bertz CT molecular complexity index is 647. The van der Waals surface area contributed by atoms with E-state index < -0.39 is 0 Å². The Labute approximate surface area is 155 Å². The minimum Gasteiger partial charge on any atom is -0.349 e. The lowest BCUT2D eigenvalue weighted by molar-refractivity contribution is -0.125. The van der Waals surface area contributed by atoms with E-state index in [4.69, 9.17) is 17.3 Å². The molecule has 5 heteroatoms. The fraction of sp³-hybridized carbons (Fsp3) is 0.316. The summed E-state index contributed by atoms with van der Waals surface area (Å²) in [6.45, 7) is 3.69. The molecule has 0 aliphatic carbocycles. The summed E-state index contributed by atoms with van der Waals surface area (Å²) in [5, 5.41) is 3.82. The first-order valence-corrected chi connectivity index (χ1v) is 8.21. The first kappa shape index (κ1) is 20.5. The molecule has 0 fully saturated rings. The Morgan fingerprint density at radius 3 is 2.25 bits per heavy atom. The zero-order valence-corrected chi connectivity index (χ0v) is 15.5. The van der Waals surface area contributed by atoms with Gasteiger partial charge in [-0.15, -0.1) is 12.4 Å². The van der Waals surface area contributed by atoms with Gasteiger partial charge in [0.2, 0.25) is 5.91 Å². The Morgan fingerprint density at radius 1 is 1.08 bits per heavy atom. The molecule has 3 N–H and O–H groups in total. The number of carbonyl (C=O) groups is 1. The molecule has 0 aliphatic heterocycles. The summed E-state index contributed by atoms with van der Waals surface area (Å²) in [6, 6.07) is 17.3. The third-order valence-electron chi connectivity index (χ3n) is 4.10. The summed E-state index contributed by atoms with van der Waals surface area (Å²) < 4.78 is 0. The van der Waals surface area contributed by atoms with Crippen molar-refractivity contribution in [1.29, 1.82) is 0 Å². The average molecular weight is 367 g/mol. The molecular formula is C19H24Cl2N2O. The van der Waals surface area contributed by atoms with Gasteiger partial charge in [-0.25, -0.2) is 0 Å². The highest BCUT2D eigenvalue weighted by Crippen LogP contribution is 2.24. The third-order valence-corrected chi connectivity index (χ3v) is 4.47. The van der Waals surface area contributed by atoms with Crippen LogP contribution in [-0.4, -0.2) is 11.9 Å². The van der Waals surface area contributed by atoms with Crippen LogP contribution >= 0.6 is 24.0 Å². The lowest BCUT2D eigenvalue weighted by Crippen LogP contribution is -2.40. The Hall–Kier alpha value is -1.55. The van der Waals surface area contributed by atoms with Crippen LogP contribution in [0.5, 0.6) is 0 Å². The van der Waals surface area contributed by atoms with Crippen molar-refractivity contribution in [1.82, 2.24) is 5.32 Å². The number of carbonyl (C=O) groups excluding carboxylic acids is 1. The molecule has 0 aromatic heterocycles. The predicted molar refractivity (Wildman–Crippen MR) is 103 cm³/mol. The minimum atomic E-state index is -0.243. The van der Waals surface area contributed by atoms with E-state index in [1.165, 1.54) is 0 Å². The number of nitrogens with one attached hydrogen (secondary N) is 1. The van der Waals surface area contributed by atoms with Gasteiger partial charge in [-0.1, -0.05) is 67.1 Å². The molecule has 0 bridgehead atoms. The van der Waals surface area contributed by atoms with Gasteiger partial charge in [0.15, 0.2) is 0 Å². The maximum absolute atomic E-state index is 12.4. The summed E-state index contributed by atoms with van der Waals surface area (Å²) in [7, 11) is 0. The van der Waals surface area contributed by atoms with Crippen molar-refractivity contribution in [2.24, 2.45) is 11.7 Å². The maximum atomic E-state index is 12.4. The fourth-order valence-electron chi connectivity index (χ4n) is 2.36. The van der Waals surface area contributed by atoms with Gasteiger partial charge in [0.25, 0.3) is 0 Å². The predicted octanol–water partition coefficient (Wildman–Crippen LogP) is 4.15. The van der Waals surface area contributed by atoms with Gasteiger partial charge >= 0.3 is 0 Å². The summed E-state index contributed by atoms with van der Waals surface area (Å²) in [6.07, 6.45) is 0.640. The number of hydrogen-bond acceptors (Lipinski definition) is 2. The normalized spacial score (nSPS) is 14.2. The van der Waals surface area contributed by atoms with Crippen molar-refractivity contribution >= 4 is 29.9 Å². The standard InChI is InChI=1S/C19H23ClN2O.ClH/c1-13(14(2)21)19(23)22-18(15-8-4-3-5-9-15)12-16-10-6-7-11-17(16)20;/h3-11,13-14,18H,12,21H2,1-2H3,(H,22,23);1H. The number of halogens is 2. The largest absolute Gasteiger partial charge is 0.349 e. The van der Waals surface area contributed by atoms with Crippen LogP contribution in [0.25, 0.3) is 0 Å². The summed E-state index contributed by atoms with van der Waals surface area (Å²) in [5.74, 6) is -0.284. The summed E-state index contributed by atoms with van der Waals surface area (Å²) in [4.78, 5) is 12.4. The number of benzene rings is 2. The third kappa shape index (κ3) is 5.52. The molecule has 2 aromatic carbocycles. The molecule has 24 heavy (non-hydrogen) atoms. The molecule has 3 atom stereocenters. The number of amides is 1. The van der Waals surface area contributed by atoms with Gasteiger partial charge in [0.1, 0.15) is 0 Å². The SMILES string of the molecule is CC(N)C(C)C(=O)NC(Cc1ccccc1Cl)c1ccccc1.Cl. The van der Waals surface area contributed by atoms with Crippen molar-refractivity contribution in [3.8, 4) is 0 Å². The van der Waals surface area contributed by atoms with Crippen molar-refractivity contribution in [3.05, 3.63) is 70.7 Å². The van der Waals surface area contributed by atoms with Gasteiger partial charge < -0.3 is 11.1 Å². The van der Waals surface area contributed by atoms with E-state index in [0.717, 1.165) is 11.1 Å². The summed E-state index contributed by atoms with van der Waals surface area (Å²) >= 11 is 6.27. The van der Waals surface area contributed by atoms with Gasteiger partial charge in [0, 0.05) is 17.0 Å². The molecule has 130 valence electrons. The number of hydrogen-bond donors (Lipinski definition) is 2. The molecule has 0 spiro atoms. The van der Waals surface area contributed by atoms with E-state index in [0.29, 0.717) is 11.4 Å². The smallest absolute Gasteiger partial charge is 0.224 e. The van der Waals surface area contributed by atoms with E-state index >= 15 is 0 Å². The molecule has 0 radical (unpaired) electrons. The van der Waals surface area contributed by atoms with Crippen molar-refractivity contribution in [2.45, 2.75) is 32.4 Å². The summed E-state index contributed by atoms with van der Waals surface area (Å²) in [5.41, 5.74) is 7.91. The van der Waals surface area contributed by atoms with Crippen LogP contribution in [0.4, 0.5) is 0 Å². The average Bonchev–Trinajstić information content (AvgIpc) is 2.56. The number of nitrogens with two attached hydrogens (primary N) is 1. The first-order valence-electron chi connectivity index (χ1n) is 7.83. The highest BCUT2D eigenvalue weighted by molar-refractivity contribution is 6.31. The van der Waals surface area contributed by atoms with Crippen LogP contribution in [0.3, 0.4) is 0 Å². The molecule has 0 saturated carbocycles. The van der Waals surface area contributed by atoms with E-state index in [1.54, 1.807) is 0 Å². The van der Waals surface area contributed by atoms with Gasteiger partial charge in [0.05, 0.1) is 6.04 Å². The molecule has 0 saturated heterocycles. The first-order chi connectivity index (χ1) is 11.0. The second kappa shape index (κ2) is 9.67. The molecule has 0 heterocycles. The Balaban J connectivity index is 0.00000288. The lowest BCUT2D eigenvalue weighted by atomic mass is 9.97. The number of rotatable bonds is 6. The molecule has 2 aromatic rings. The second-order valence-electron chi connectivity index (χ2n) is 5.92. The Kier molecular flexibility index (Phi) is 8.26. The van der Waals surface area contributed by atoms with Crippen LogP contribution in [0.15, 0.2) is 54.6 Å². The van der Waals surface area contributed by atoms with E-state index in [-0.39, 0.29) is 36.3 Å². The van der Waals surface area contributed by atoms with Crippen LogP contribution in [0.2, 0.25) is 5.02 Å². The molecule has 2 rings (SSSR count). The maximum Gasteiger partial charge on any atom is 0.224 e. The van der Waals surface area contributed by atoms with Crippen LogP contribution in [0.1, 0.15) is 31.0 Å². The molecule has 3 nitrogen and oxygen atoms in total. The van der Waals surface area contributed by atoms with Crippen LogP contribution in [0, 0.1) is 5.92 Å². The molecule has 0 aliphatic rings. The lowest BCUT2D eigenvalue weighted by Gasteiger charge is -2.23. The van der Waals surface area contributed by atoms with Gasteiger partial charge in [-0.3, -0.25) is 4.79 Å². The zero-order chi connectivity index (χ0) is 16.8. The quantitative estimate of drug-likeness (QED) is 0.806.